The summed E-state index contributed by atoms with van der Waals surface area (Å²) in [6, 6.07) is 11.7. The van der Waals surface area contributed by atoms with Gasteiger partial charge in [-0.05, 0) is 19.9 Å². The van der Waals surface area contributed by atoms with Gasteiger partial charge in [0.25, 0.3) is 0 Å². The number of hydrogen-bond acceptors (Lipinski definition) is 2. The molecule has 96 valence electrons. The summed E-state index contributed by atoms with van der Waals surface area (Å²) in [6.45, 7) is 10.1. The summed E-state index contributed by atoms with van der Waals surface area (Å²) in [7, 11) is -1.56. The molecule has 0 saturated carbocycles. The van der Waals surface area contributed by atoms with Gasteiger partial charge < -0.3 is 9.47 Å². The first-order chi connectivity index (χ1) is 8.10. The van der Waals surface area contributed by atoms with Crippen LogP contribution in [0.2, 0.25) is 13.1 Å². The molecule has 0 bridgehead atoms. The molecular weight excluding hydrogens is 228 g/mol. The van der Waals surface area contributed by atoms with E-state index in [-0.39, 0.29) is 5.91 Å². The molecule has 0 N–H and O–H groups in total. The summed E-state index contributed by atoms with van der Waals surface area (Å²) >= 11 is 0. The van der Waals surface area contributed by atoms with Gasteiger partial charge in [0.15, 0.2) is 0 Å². The Morgan fingerprint density at radius 2 is 1.53 bits per heavy atom. The molecule has 1 rings (SSSR count). The smallest absolute Gasteiger partial charge is 0.141 e. The van der Waals surface area contributed by atoms with E-state index in [0.29, 0.717) is 0 Å². The van der Waals surface area contributed by atoms with Crippen LogP contribution in [0.4, 0.5) is 0 Å². The van der Waals surface area contributed by atoms with Crippen molar-refractivity contribution >= 4 is 8.07 Å². The van der Waals surface area contributed by atoms with Crippen LogP contribution in [0.15, 0.2) is 30.3 Å². The van der Waals surface area contributed by atoms with Crippen molar-refractivity contribution in [2.45, 2.75) is 38.9 Å². The molecule has 0 aliphatic rings. The Labute approximate surface area is 106 Å². The molecule has 3 heteroatoms. The predicted octanol–water partition coefficient (Wildman–Crippen LogP) is 3.42. The average Bonchev–Trinajstić information content (AvgIpc) is 2.29. The normalized spacial score (nSPS) is 12.1. The van der Waals surface area contributed by atoms with Crippen LogP contribution in [-0.2, 0) is 15.5 Å². The van der Waals surface area contributed by atoms with Crippen LogP contribution < -0.4 is 0 Å². The lowest BCUT2D eigenvalue weighted by atomic mass is 10.2. The minimum atomic E-state index is -1.56. The minimum Gasteiger partial charge on any atom is -0.357 e. The maximum atomic E-state index is 5.76. The quantitative estimate of drug-likeness (QED) is 0.547. The van der Waals surface area contributed by atoms with Crippen LogP contribution in [0.25, 0.3) is 0 Å². The third-order valence-corrected chi connectivity index (χ3v) is 5.71. The van der Waals surface area contributed by atoms with Crippen LogP contribution in [0.5, 0.6) is 0 Å². The van der Waals surface area contributed by atoms with E-state index in [1.807, 2.05) is 13.8 Å². The monoisotopic (exact) mass is 252 g/mol. The second-order valence-corrected chi connectivity index (χ2v) is 9.70. The van der Waals surface area contributed by atoms with Gasteiger partial charge in [-0.2, -0.15) is 0 Å². The Bertz CT molecular complexity index is 305. The molecule has 0 aliphatic carbocycles. The molecule has 0 saturated heterocycles. The number of ether oxygens (including phenoxy) is 2. The van der Waals surface area contributed by atoms with Gasteiger partial charge in [0, 0.05) is 13.2 Å². The highest BCUT2D eigenvalue weighted by atomic mass is 28.3. The maximum Gasteiger partial charge on any atom is 0.141 e. The number of hydrogen-bond donors (Lipinski definition) is 0. The lowest BCUT2D eigenvalue weighted by Crippen LogP contribution is -2.47. The van der Waals surface area contributed by atoms with Gasteiger partial charge in [0.05, 0.1) is 0 Å². The molecule has 0 fully saturated rings. The molecule has 1 aromatic carbocycles. The fourth-order valence-corrected chi connectivity index (χ4v) is 4.70. The third-order valence-electron chi connectivity index (χ3n) is 2.78. The van der Waals surface area contributed by atoms with Gasteiger partial charge in [0.1, 0.15) is 14.0 Å². The van der Waals surface area contributed by atoms with Crippen molar-refractivity contribution in [2.24, 2.45) is 0 Å². The Morgan fingerprint density at radius 3 is 2.00 bits per heavy atom. The van der Waals surface area contributed by atoms with Gasteiger partial charge >= 0.3 is 0 Å². The summed E-state index contributed by atoms with van der Waals surface area (Å²) in [6.07, 6.45) is 0. The van der Waals surface area contributed by atoms with Crippen LogP contribution in [0.1, 0.15) is 19.4 Å². The fourth-order valence-electron chi connectivity index (χ4n) is 2.01. The lowest BCUT2D eigenvalue weighted by molar-refractivity contribution is -0.0884. The third kappa shape index (κ3) is 4.62. The molecule has 1 aromatic rings. The van der Waals surface area contributed by atoms with Gasteiger partial charge in [-0.1, -0.05) is 49.0 Å². The van der Waals surface area contributed by atoms with Crippen molar-refractivity contribution in [1.82, 2.24) is 0 Å². The van der Waals surface area contributed by atoms with E-state index in [1.54, 1.807) is 0 Å². The molecule has 0 heterocycles. The van der Waals surface area contributed by atoms with Crippen LogP contribution >= 0.6 is 0 Å². The molecule has 0 radical (unpaired) electrons. The minimum absolute atomic E-state index is 0.00212. The maximum absolute atomic E-state index is 5.76. The lowest BCUT2D eigenvalue weighted by Gasteiger charge is -2.31. The highest BCUT2D eigenvalue weighted by molar-refractivity contribution is 6.77. The van der Waals surface area contributed by atoms with E-state index in [2.05, 4.69) is 43.4 Å². The van der Waals surface area contributed by atoms with E-state index < -0.39 is 8.07 Å². The Morgan fingerprint density at radius 1 is 1.00 bits per heavy atom. The fraction of sp³-hybridized carbons (Fsp3) is 0.571. The largest absolute Gasteiger partial charge is 0.357 e. The Balaban J connectivity index is 2.70. The summed E-state index contributed by atoms with van der Waals surface area (Å²) in [4.78, 5) is 0. The highest BCUT2D eigenvalue weighted by Crippen LogP contribution is 2.19. The summed E-state index contributed by atoms with van der Waals surface area (Å²) < 4.78 is 11.5. The first kappa shape index (κ1) is 14.4. The van der Waals surface area contributed by atoms with Crippen LogP contribution in [0, 0.1) is 0 Å². The zero-order valence-corrected chi connectivity index (χ0v) is 12.4. The van der Waals surface area contributed by atoms with Crippen molar-refractivity contribution in [3.63, 3.8) is 0 Å². The van der Waals surface area contributed by atoms with Crippen molar-refractivity contribution in [3.8, 4) is 0 Å². The molecule has 0 spiro atoms. The van der Waals surface area contributed by atoms with E-state index in [1.165, 1.54) is 5.56 Å². The predicted molar refractivity (Wildman–Crippen MR) is 74.7 cm³/mol. The average molecular weight is 252 g/mol. The zero-order chi connectivity index (χ0) is 12.7. The van der Waals surface area contributed by atoms with Crippen LogP contribution in [-0.4, -0.2) is 27.2 Å². The van der Waals surface area contributed by atoms with E-state index in [4.69, 9.17) is 9.47 Å². The van der Waals surface area contributed by atoms with Gasteiger partial charge in [0.2, 0.25) is 0 Å². The first-order valence-electron chi connectivity index (χ1n) is 6.37. The number of rotatable bonds is 7. The van der Waals surface area contributed by atoms with Crippen molar-refractivity contribution in [1.29, 1.82) is 0 Å². The zero-order valence-electron chi connectivity index (χ0n) is 11.4. The second kappa shape index (κ2) is 6.94. The van der Waals surface area contributed by atoms with Crippen molar-refractivity contribution in [3.05, 3.63) is 35.9 Å². The summed E-state index contributed by atoms with van der Waals surface area (Å²) in [5, 5.41) is 0. The van der Waals surface area contributed by atoms with Crippen molar-refractivity contribution in [2.75, 3.05) is 13.2 Å². The van der Waals surface area contributed by atoms with Crippen molar-refractivity contribution < 1.29 is 9.47 Å². The summed E-state index contributed by atoms with van der Waals surface area (Å²) in [5.74, 6) is -0.00212. The molecule has 0 amide bonds. The second-order valence-electron chi connectivity index (χ2n) is 4.89. The Kier molecular flexibility index (Phi) is 5.89. The Hall–Kier alpha value is -0.643. The molecule has 0 aromatic heterocycles. The topological polar surface area (TPSA) is 18.5 Å². The molecule has 17 heavy (non-hydrogen) atoms. The van der Waals surface area contributed by atoms with Gasteiger partial charge in [-0.25, -0.2) is 0 Å². The molecular formula is C14H24O2Si. The molecule has 0 aliphatic heterocycles. The number of benzene rings is 1. The van der Waals surface area contributed by atoms with Gasteiger partial charge in [-0.15, -0.1) is 0 Å². The molecule has 0 atom stereocenters. The van der Waals surface area contributed by atoms with Gasteiger partial charge in [-0.3, -0.25) is 0 Å². The first-order valence-corrected chi connectivity index (χ1v) is 9.65. The SMILES string of the molecule is CCOC(OCC)[Si](C)(C)Cc1ccccc1. The molecule has 2 nitrogen and oxygen atoms in total. The highest BCUT2D eigenvalue weighted by Gasteiger charge is 2.33. The molecule has 0 unspecified atom stereocenters. The van der Waals surface area contributed by atoms with E-state index in [9.17, 15) is 0 Å². The van der Waals surface area contributed by atoms with E-state index in [0.717, 1.165) is 19.3 Å². The standard InChI is InChI=1S/C14H24O2Si/c1-5-15-14(16-6-2)17(3,4)12-13-10-8-7-9-11-13/h7-11,14H,5-6,12H2,1-4H3. The summed E-state index contributed by atoms with van der Waals surface area (Å²) in [5.41, 5.74) is 1.38. The van der Waals surface area contributed by atoms with Crippen LogP contribution in [0.3, 0.4) is 0 Å². The van der Waals surface area contributed by atoms with E-state index >= 15 is 0 Å².